The van der Waals surface area contributed by atoms with Crippen LogP contribution in [0.25, 0.3) is 0 Å². The molecule has 0 radical (unpaired) electrons. The molecular formula is C7H12ClO2-. The number of carbonyl (C=O) groups is 1. The van der Waals surface area contributed by atoms with E-state index < -0.39 is 5.43 Å². The van der Waals surface area contributed by atoms with Gasteiger partial charge >= 0.3 is 0 Å². The summed E-state index contributed by atoms with van der Waals surface area (Å²) in [7, 11) is 0. The zero-order chi connectivity index (χ0) is 7.98. The van der Waals surface area contributed by atoms with Crippen LogP contribution in [0.1, 0.15) is 32.6 Å². The molecule has 1 aliphatic rings. The van der Waals surface area contributed by atoms with Crippen molar-refractivity contribution in [1.82, 2.24) is 0 Å². The molecule has 0 unspecified atom stereocenters. The summed E-state index contributed by atoms with van der Waals surface area (Å²) in [6, 6.07) is 0. The molecule has 0 aliphatic heterocycles. The summed E-state index contributed by atoms with van der Waals surface area (Å²) in [5, 5.41) is 8.65. The summed E-state index contributed by atoms with van der Waals surface area (Å²) in [6.45, 7) is 2.26. The molecule has 1 saturated carbocycles. The summed E-state index contributed by atoms with van der Waals surface area (Å²) in [5.74, 6) is 1.15. The number of hydrogen-bond donors (Lipinski definition) is 0. The Kier molecular flexibility index (Phi) is 5.40. The number of rotatable bonds is 2. The highest BCUT2D eigenvalue weighted by atomic mass is 35.5. The molecule has 0 N–H and O–H groups in total. The molecule has 0 aromatic carbocycles. The van der Waals surface area contributed by atoms with Crippen molar-refractivity contribution in [3.05, 3.63) is 0 Å². The van der Waals surface area contributed by atoms with Gasteiger partial charge in [0.1, 0.15) is 5.43 Å². The third kappa shape index (κ3) is 10.7. The maximum atomic E-state index is 8.65. The summed E-state index contributed by atoms with van der Waals surface area (Å²) in [5.41, 5.74) is -1.61. The molecule has 1 aliphatic carbocycles. The smallest absolute Gasteiger partial charge is 0.134 e. The van der Waals surface area contributed by atoms with Crippen molar-refractivity contribution in [2.45, 2.75) is 32.6 Å². The lowest BCUT2D eigenvalue weighted by molar-refractivity contribution is -0.233. The van der Waals surface area contributed by atoms with Crippen LogP contribution in [0.5, 0.6) is 0 Å². The normalized spacial score (nSPS) is 15.4. The molecule has 0 aromatic heterocycles. The predicted molar refractivity (Wildman–Crippen MR) is 38.9 cm³/mol. The third-order valence-corrected chi connectivity index (χ3v) is 1.39. The van der Waals surface area contributed by atoms with Crippen LogP contribution in [0.15, 0.2) is 0 Å². The second-order valence-corrected chi connectivity index (χ2v) is 2.78. The van der Waals surface area contributed by atoms with Crippen molar-refractivity contribution < 1.29 is 9.90 Å². The Morgan fingerprint density at radius 3 is 2.20 bits per heavy atom. The molecule has 0 aromatic rings. The van der Waals surface area contributed by atoms with Gasteiger partial charge in [-0.25, -0.2) is 0 Å². The van der Waals surface area contributed by atoms with E-state index in [0.717, 1.165) is 5.92 Å². The van der Waals surface area contributed by atoms with Gasteiger partial charge in [0.2, 0.25) is 0 Å². The molecule has 60 valence electrons. The van der Waals surface area contributed by atoms with E-state index in [9.17, 15) is 0 Å². The lowest BCUT2D eigenvalue weighted by Crippen LogP contribution is -2.11. The molecular weight excluding hydrogens is 152 g/mol. The zero-order valence-corrected chi connectivity index (χ0v) is 6.86. The van der Waals surface area contributed by atoms with Crippen molar-refractivity contribution in [2.75, 3.05) is 0 Å². The first-order valence-electron chi connectivity index (χ1n) is 3.53. The molecule has 0 saturated heterocycles. The zero-order valence-electron chi connectivity index (χ0n) is 6.10. The fourth-order valence-electron chi connectivity index (χ4n) is 0.815. The summed E-state index contributed by atoms with van der Waals surface area (Å²) in [6.07, 6.45) is 5.92. The lowest BCUT2D eigenvalue weighted by Gasteiger charge is -1.82. The molecule has 0 heterocycles. The van der Waals surface area contributed by atoms with E-state index in [0.29, 0.717) is 0 Å². The molecule has 0 atom stereocenters. The van der Waals surface area contributed by atoms with Crippen LogP contribution >= 0.6 is 11.6 Å². The van der Waals surface area contributed by atoms with Gasteiger partial charge in [0, 0.05) is 0 Å². The standard InChI is InChI=1S/C6H12.CHClO2/c1-2-3-6-4-5-6;2-1(3)4/h6H,2-5H2,1H3;(H,3,4)/p-1. The van der Waals surface area contributed by atoms with Gasteiger partial charge in [-0.1, -0.05) is 44.2 Å². The maximum Gasteiger partial charge on any atom is 0.134 e. The molecule has 0 amide bonds. The van der Waals surface area contributed by atoms with Crippen molar-refractivity contribution in [1.29, 1.82) is 0 Å². The molecule has 2 nitrogen and oxygen atoms in total. The minimum Gasteiger partial charge on any atom is -0.534 e. The second-order valence-electron chi connectivity index (χ2n) is 2.47. The minimum absolute atomic E-state index is 1.15. The van der Waals surface area contributed by atoms with Crippen LogP contribution in [-0.4, -0.2) is 5.43 Å². The lowest BCUT2D eigenvalue weighted by atomic mass is 10.2. The van der Waals surface area contributed by atoms with Crippen LogP contribution in [0, 0.1) is 5.92 Å². The van der Waals surface area contributed by atoms with E-state index in [1.165, 1.54) is 25.7 Å². The van der Waals surface area contributed by atoms with E-state index in [1.807, 2.05) is 0 Å². The van der Waals surface area contributed by atoms with Crippen LogP contribution in [0.4, 0.5) is 4.79 Å². The van der Waals surface area contributed by atoms with E-state index in [4.69, 9.17) is 9.90 Å². The van der Waals surface area contributed by atoms with E-state index in [2.05, 4.69) is 18.5 Å². The highest BCUT2D eigenvalue weighted by Gasteiger charge is 2.18. The summed E-state index contributed by atoms with van der Waals surface area (Å²) < 4.78 is 0. The van der Waals surface area contributed by atoms with Crippen LogP contribution in [0.2, 0.25) is 0 Å². The number of hydrogen-bond acceptors (Lipinski definition) is 2. The summed E-state index contributed by atoms with van der Waals surface area (Å²) in [4.78, 5) is 8.65. The predicted octanol–water partition coefficient (Wildman–Crippen LogP) is 1.76. The van der Waals surface area contributed by atoms with E-state index in [1.54, 1.807) is 0 Å². The first kappa shape index (κ1) is 9.76. The SMILES string of the molecule is CCCC1CC1.O=C([O-])Cl. The van der Waals surface area contributed by atoms with Crippen LogP contribution < -0.4 is 5.11 Å². The Balaban J connectivity index is 0.000000180. The molecule has 1 rings (SSSR count). The van der Waals surface area contributed by atoms with Gasteiger partial charge in [-0.3, -0.25) is 0 Å². The average molecular weight is 164 g/mol. The van der Waals surface area contributed by atoms with Gasteiger partial charge < -0.3 is 9.90 Å². The fraction of sp³-hybridized carbons (Fsp3) is 0.857. The Bertz CT molecular complexity index is 95.8. The third-order valence-electron chi connectivity index (χ3n) is 1.39. The van der Waals surface area contributed by atoms with Crippen molar-refractivity contribution in [3.63, 3.8) is 0 Å². The minimum atomic E-state index is -1.61. The van der Waals surface area contributed by atoms with Crippen molar-refractivity contribution >= 4 is 17.0 Å². The van der Waals surface area contributed by atoms with E-state index in [-0.39, 0.29) is 0 Å². The Morgan fingerprint density at radius 2 is 2.10 bits per heavy atom. The largest absolute Gasteiger partial charge is 0.534 e. The van der Waals surface area contributed by atoms with Crippen molar-refractivity contribution in [3.8, 4) is 0 Å². The fourth-order valence-corrected chi connectivity index (χ4v) is 0.815. The van der Waals surface area contributed by atoms with Crippen molar-refractivity contribution in [2.24, 2.45) is 5.92 Å². The number of halogens is 1. The maximum absolute atomic E-state index is 8.65. The highest BCUT2D eigenvalue weighted by Crippen LogP contribution is 2.32. The first-order valence-corrected chi connectivity index (χ1v) is 3.91. The first-order chi connectivity index (χ1) is 4.66. The van der Waals surface area contributed by atoms with Crippen LogP contribution in [0.3, 0.4) is 0 Å². The van der Waals surface area contributed by atoms with Gasteiger partial charge in [-0.05, 0) is 5.92 Å². The Labute approximate surface area is 66.2 Å². The van der Waals surface area contributed by atoms with Gasteiger partial charge in [-0.15, -0.1) is 0 Å². The average Bonchev–Trinajstić information content (AvgIpc) is 2.48. The van der Waals surface area contributed by atoms with Gasteiger partial charge in [0.25, 0.3) is 0 Å². The quantitative estimate of drug-likeness (QED) is 0.582. The monoisotopic (exact) mass is 163 g/mol. The molecule has 3 heteroatoms. The van der Waals surface area contributed by atoms with Gasteiger partial charge in [-0.2, -0.15) is 0 Å². The number of carboxylic acid groups (broad SMARTS) is 1. The Hall–Kier alpha value is -0.240. The van der Waals surface area contributed by atoms with Crippen LogP contribution in [-0.2, 0) is 0 Å². The molecule has 10 heavy (non-hydrogen) atoms. The Morgan fingerprint density at radius 1 is 1.70 bits per heavy atom. The second kappa shape index (κ2) is 5.54. The van der Waals surface area contributed by atoms with Gasteiger partial charge in [0.15, 0.2) is 0 Å². The van der Waals surface area contributed by atoms with Gasteiger partial charge in [0.05, 0.1) is 0 Å². The highest BCUT2D eigenvalue weighted by molar-refractivity contribution is 6.59. The number of carbonyl (C=O) groups excluding carboxylic acids is 1. The summed E-state index contributed by atoms with van der Waals surface area (Å²) >= 11 is 4.08. The molecule has 1 fully saturated rings. The molecule has 0 bridgehead atoms. The topological polar surface area (TPSA) is 40.1 Å². The van der Waals surface area contributed by atoms with E-state index >= 15 is 0 Å². The molecule has 0 spiro atoms.